The zero-order chi connectivity index (χ0) is 15.0. The molecule has 0 fully saturated rings. The fraction of sp³-hybridized carbons (Fsp3) is 0.167. The van der Waals surface area contributed by atoms with Crippen molar-refractivity contribution in [2.75, 3.05) is 5.73 Å². The molecule has 0 saturated heterocycles. The predicted molar refractivity (Wildman–Crippen MR) is 63.8 cm³/mol. The number of hydrogen-bond donors (Lipinski definition) is 2. The van der Waals surface area contributed by atoms with Gasteiger partial charge in [0, 0.05) is 11.1 Å². The number of benzene rings is 1. The number of aromatic carboxylic acids is 1. The van der Waals surface area contributed by atoms with Gasteiger partial charge in [-0.2, -0.15) is 5.10 Å². The van der Waals surface area contributed by atoms with Gasteiger partial charge in [0.05, 0.1) is 6.54 Å². The fourth-order valence-electron chi connectivity index (χ4n) is 1.74. The van der Waals surface area contributed by atoms with Crippen molar-refractivity contribution in [1.82, 2.24) is 9.78 Å². The van der Waals surface area contributed by atoms with Crippen molar-refractivity contribution < 1.29 is 23.1 Å². The van der Waals surface area contributed by atoms with E-state index in [-0.39, 0.29) is 29.2 Å². The smallest absolute Gasteiger partial charge is 0.356 e. The Balaban J connectivity index is 2.43. The number of nitrogens with two attached hydrogens (primary N) is 1. The number of nitrogen functional groups attached to an aromatic ring is 1. The van der Waals surface area contributed by atoms with Gasteiger partial charge in [-0.05, 0) is 13.0 Å². The van der Waals surface area contributed by atoms with E-state index in [1.807, 2.05) is 0 Å². The SMILES string of the molecule is Cc1c(C(=O)O)nn(Cc2ccc(F)c(F)c2F)c1N. The number of nitrogens with zero attached hydrogens (tertiary/aromatic N) is 2. The lowest BCUT2D eigenvalue weighted by Gasteiger charge is -2.06. The Morgan fingerprint density at radius 3 is 2.55 bits per heavy atom. The molecule has 0 aliphatic heterocycles. The number of carbonyl (C=O) groups is 1. The van der Waals surface area contributed by atoms with E-state index in [2.05, 4.69) is 5.10 Å². The topological polar surface area (TPSA) is 81.1 Å². The summed E-state index contributed by atoms with van der Waals surface area (Å²) in [5, 5.41) is 12.6. The van der Waals surface area contributed by atoms with Gasteiger partial charge in [-0.1, -0.05) is 6.07 Å². The molecule has 1 heterocycles. The van der Waals surface area contributed by atoms with Gasteiger partial charge >= 0.3 is 5.97 Å². The summed E-state index contributed by atoms with van der Waals surface area (Å²) < 4.78 is 40.5. The van der Waals surface area contributed by atoms with E-state index in [1.54, 1.807) is 0 Å². The largest absolute Gasteiger partial charge is 0.476 e. The molecular weight excluding hydrogens is 275 g/mol. The summed E-state index contributed by atoms with van der Waals surface area (Å²) in [6, 6.07) is 1.82. The number of carboxylic acid groups (broad SMARTS) is 1. The molecular formula is C12H10F3N3O2. The molecule has 3 N–H and O–H groups in total. The number of hydrogen-bond acceptors (Lipinski definition) is 3. The number of carboxylic acids is 1. The maximum atomic E-state index is 13.5. The van der Waals surface area contributed by atoms with Crippen LogP contribution < -0.4 is 5.73 Å². The van der Waals surface area contributed by atoms with Gasteiger partial charge in [-0.25, -0.2) is 22.6 Å². The van der Waals surface area contributed by atoms with E-state index in [0.29, 0.717) is 0 Å². The highest BCUT2D eigenvalue weighted by atomic mass is 19.2. The second kappa shape index (κ2) is 4.87. The van der Waals surface area contributed by atoms with Crippen molar-refractivity contribution in [3.63, 3.8) is 0 Å². The standard InChI is InChI=1S/C12H10F3N3O2/c1-5-10(12(19)20)17-18(11(5)16)4-6-2-3-7(13)9(15)8(6)14/h2-3H,4,16H2,1H3,(H,19,20). The lowest BCUT2D eigenvalue weighted by Crippen LogP contribution is -2.09. The van der Waals surface area contributed by atoms with Crippen LogP contribution in [0.25, 0.3) is 0 Å². The first-order valence-electron chi connectivity index (χ1n) is 5.51. The Labute approximate surface area is 111 Å². The van der Waals surface area contributed by atoms with Crippen LogP contribution in [-0.2, 0) is 6.54 Å². The summed E-state index contributed by atoms with van der Waals surface area (Å²) in [6.07, 6.45) is 0. The van der Waals surface area contributed by atoms with Crippen LogP contribution in [0.5, 0.6) is 0 Å². The first-order valence-corrected chi connectivity index (χ1v) is 5.51. The molecule has 0 aliphatic rings. The second-order valence-electron chi connectivity index (χ2n) is 4.16. The molecule has 8 heteroatoms. The quantitative estimate of drug-likeness (QED) is 0.844. The number of anilines is 1. The Bertz CT molecular complexity index is 698. The molecule has 106 valence electrons. The van der Waals surface area contributed by atoms with E-state index < -0.39 is 23.4 Å². The normalized spacial score (nSPS) is 10.8. The van der Waals surface area contributed by atoms with Crippen molar-refractivity contribution in [1.29, 1.82) is 0 Å². The van der Waals surface area contributed by atoms with Crippen LogP contribution >= 0.6 is 0 Å². The van der Waals surface area contributed by atoms with Gasteiger partial charge in [0.2, 0.25) is 0 Å². The Morgan fingerprint density at radius 2 is 2.00 bits per heavy atom. The summed E-state index contributed by atoms with van der Waals surface area (Å²) in [7, 11) is 0. The number of aromatic nitrogens is 2. The van der Waals surface area contributed by atoms with Gasteiger partial charge in [0.25, 0.3) is 0 Å². The van der Waals surface area contributed by atoms with Gasteiger partial charge in [0.15, 0.2) is 23.1 Å². The molecule has 1 aromatic carbocycles. The van der Waals surface area contributed by atoms with E-state index in [4.69, 9.17) is 10.8 Å². The molecule has 20 heavy (non-hydrogen) atoms. The van der Waals surface area contributed by atoms with Crippen molar-refractivity contribution in [2.45, 2.75) is 13.5 Å². The van der Waals surface area contributed by atoms with E-state index in [1.165, 1.54) is 6.92 Å². The molecule has 0 atom stereocenters. The minimum atomic E-state index is -1.59. The highest BCUT2D eigenvalue weighted by Crippen LogP contribution is 2.20. The van der Waals surface area contributed by atoms with Gasteiger partial charge in [0.1, 0.15) is 5.82 Å². The molecule has 0 spiro atoms. The highest BCUT2D eigenvalue weighted by molar-refractivity contribution is 5.88. The van der Waals surface area contributed by atoms with Crippen molar-refractivity contribution in [2.24, 2.45) is 0 Å². The lowest BCUT2D eigenvalue weighted by atomic mass is 10.2. The van der Waals surface area contributed by atoms with Crippen molar-refractivity contribution in [3.8, 4) is 0 Å². The van der Waals surface area contributed by atoms with Gasteiger partial charge < -0.3 is 10.8 Å². The fourth-order valence-corrected chi connectivity index (χ4v) is 1.74. The molecule has 2 rings (SSSR count). The zero-order valence-electron chi connectivity index (χ0n) is 10.3. The Kier molecular flexibility index (Phi) is 3.39. The lowest BCUT2D eigenvalue weighted by molar-refractivity contribution is 0.0688. The molecule has 5 nitrogen and oxygen atoms in total. The molecule has 1 aromatic heterocycles. The van der Waals surface area contributed by atoms with Crippen LogP contribution in [0.15, 0.2) is 12.1 Å². The summed E-state index contributed by atoms with van der Waals surface area (Å²) in [6.45, 7) is 1.15. The molecule has 2 aromatic rings. The van der Waals surface area contributed by atoms with Crippen LogP contribution in [0.3, 0.4) is 0 Å². The number of rotatable bonds is 3. The molecule has 0 saturated carbocycles. The van der Waals surface area contributed by atoms with Crippen LogP contribution in [0.2, 0.25) is 0 Å². The summed E-state index contributed by atoms with van der Waals surface area (Å²) in [4.78, 5) is 10.9. The van der Waals surface area contributed by atoms with Crippen LogP contribution in [0.1, 0.15) is 21.6 Å². The third kappa shape index (κ3) is 2.20. The zero-order valence-corrected chi connectivity index (χ0v) is 10.3. The molecule has 0 unspecified atom stereocenters. The maximum absolute atomic E-state index is 13.5. The maximum Gasteiger partial charge on any atom is 0.356 e. The van der Waals surface area contributed by atoms with Crippen LogP contribution in [0, 0.1) is 24.4 Å². The number of halogens is 3. The van der Waals surface area contributed by atoms with Crippen LogP contribution in [-0.4, -0.2) is 20.9 Å². The van der Waals surface area contributed by atoms with Gasteiger partial charge in [-0.3, -0.25) is 0 Å². The first-order chi connectivity index (χ1) is 9.32. The molecule has 0 radical (unpaired) electrons. The minimum absolute atomic E-state index is 0.0199. The van der Waals surface area contributed by atoms with E-state index in [9.17, 15) is 18.0 Å². The predicted octanol–water partition coefficient (Wildman–Crippen LogP) is 1.94. The molecule has 0 amide bonds. The summed E-state index contributed by atoms with van der Waals surface area (Å²) in [5.41, 5.74) is 5.42. The third-order valence-corrected chi connectivity index (χ3v) is 2.88. The summed E-state index contributed by atoms with van der Waals surface area (Å²) in [5.74, 6) is -5.51. The second-order valence-corrected chi connectivity index (χ2v) is 4.16. The van der Waals surface area contributed by atoms with E-state index in [0.717, 1.165) is 16.8 Å². The van der Waals surface area contributed by atoms with Crippen molar-refractivity contribution in [3.05, 3.63) is 46.4 Å². The minimum Gasteiger partial charge on any atom is -0.476 e. The first kappa shape index (κ1) is 13.9. The van der Waals surface area contributed by atoms with E-state index >= 15 is 0 Å². The average Bonchev–Trinajstić information content (AvgIpc) is 2.68. The highest BCUT2D eigenvalue weighted by Gasteiger charge is 2.19. The monoisotopic (exact) mass is 285 g/mol. The third-order valence-electron chi connectivity index (χ3n) is 2.88. The average molecular weight is 285 g/mol. The van der Waals surface area contributed by atoms with Gasteiger partial charge in [-0.15, -0.1) is 0 Å². The van der Waals surface area contributed by atoms with Crippen LogP contribution in [0.4, 0.5) is 19.0 Å². The Morgan fingerprint density at radius 1 is 1.35 bits per heavy atom. The van der Waals surface area contributed by atoms with Crippen molar-refractivity contribution >= 4 is 11.8 Å². The summed E-state index contributed by atoms with van der Waals surface area (Å²) >= 11 is 0. The molecule has 0 aliphatic carbocycles. The molecule has 0 bridgehead atoms. The Hall–Kier alpha value is -2.51.